The lowest BCUT2D eigenvalue weighted by Gasteiger charge is -2.15. The number of ether oxygens (including phenoxy) is 2. The molecule has 0 unspecified atom stereocenters. The minimum atomic E-state index is -0.0295. The average Bonchev–Trinajstić information content (AvgIpc) is 2.67. The van der Waals surface area contributed by atoms with Gasteiger partial charge < -0.3 is 14.8 Å². The van der Waals surface area contributed by atoms with Gasteiger partial charge in [-0.1, -0.05) is 30.3 Å². The molecule has 5 heteroatoms. The highest BCUT2D eigenvalue weighted by Crippen LogP contribution is 2.29. The molecule has 0 saturated carbocycles. The second kappa shape index (κ2) is 8.16. The number of benzene rings is 2. The number of ketones is 1. The molecule has 0 radical (unpaired) electrons. The van der Waals surface area contributed by atoms with Crippen molar-refractivity contribution in [3.63, 3.8) is 0 Å². The van der Waals surface area contributed by atoms with Crippen LogP contribution in [0.15, 0.2) is 66.9 Å². The molecule has 0 aliphatic heterocycles. The number of hydrogen-bond donors (Lipinski definition) is 1. The Morgan fingerprint density at radius 3 is 2.58 bits per heavy atom. The Kier molecular flexibility index (Phi) is 5.49. The van der Waals surface area contributed by atoms with Crippen LogP contribution in [-0.2, 0) is 6.54 Å². The number of nitrogens with one attached hydrogen (secondary N) is 1. The zero-order chi connectivity index (χ0) is 18.4. The molecule has 132 valence electrons. The second-order valence-corrected chi connectivity index (χ2v) is 5.68. The molecule has 0 aliphatic rings. The topological polar surface area (TPSA) is 60.4 Å². The summed E-state index contributed by atoms with van der Waals surface area (Å²) in [5.41, 5.74) is 2.21. The number of rotatable bonds is 7. The third kappa shape index (κ3) is 4.00. The number of aromatic nitrogens is 1. The van der Waals surface area contributed by atoms with Crippen molar-refractivity contribution >= 4 is 11.5 Å². The summed E-state index contributed by atoms with van der Waals surface area (Å²) in [6.07, 6.45) is 1.68. The molecule has 0 amide bonds. The highest BCUT2D eigenvalue weighted by atomic mass is 16.5. The van der Waals surface area contributed by atoms with Crippen molar-refractivity contribution in [1.29, 1.82) is 0 Å². The van der Waals surface area contributed by atoms with Crippen LogP contribution in [0.5, 0.6) is 17.4 Å². The molecule has 0 fully saturated rings. The van der Waals surface area contributed by atoms with Gasteiger partial charge in [-0.05, 0) is 37.3 Å². The molecule has 3 aromatic rings. The van der Waals surface area contributed by atoms with Crippen molar-refractivity contribution in [3.05, 3.63) is 78.0 Å². The predicted molar refractivity (Wildman–Crippen MR) is 101 cm³/mol. The summed E-state index contributed by atoms with van der Waals surface area (Å²) in [5.74, 6) is 1.76. The number of nitrogens with zero attached hydrogens (tertiary/aromatic N) is 1. The number of anilines is 1. The van der Waals surface area contributed by atoms with Crippen LogP contribution >= 0.6 is 0 Å². The summed E-state index contributed by atoms with van der Waals surface area (Å²) in [4.78, 5) is 16.1. The fraction of sp³-hybridized carbons (Fsp3) is 0.143. The number of carbonyl (C=O) groups is 1. The summed E-state index contributed by atoms with van der Waals surface area (Å²) in [6.45, 7) is 2.00. The van der Waals surface area contributed by atoms with Crippen molar-refractivity contribution in [2.45, 2.75) is 13.5 Å². The second-order valence-electron chi connectivity index (χ2n) is 5.68. The Labute approximate surface area is 152 Å². The molecule has 0 atom stereocenters. The Bertz CT molecular complexity index is 895. The first-order valence-corrected chi connectivity index (χ1v) is 8.27. The molecular weight excluding hydrogens is 328 g/mol. The normalized spacial score (nSPS) is 10.2. The highest BCUT2D eigenvalue weighted by molar-refractivity contribution is 5.97. The van der Waals surface area contributed by atoms with Gasteiger partial charge in [-0.25, -0.2) is 4.98 Å². The average molecular weight is 348 g/mol. The van der Waals surface area contributed by atoms with Gasteiger partial charge in [0.1, 0.15) is 11.5 Å². The maximum absolute atomic E-state index is 11.8. The van der Waals surface area contributed by atoms with E-state index in [0.717, 1.165) is 11.3 Å². The number of Topliss-reactive ketones (excluding diaryl/α,β-unsaturated/α-hetero) is 1. The van der Waals surface area contributed by atoms with Crippen molar-refractivity contribution < 1.29 is 14.3 Å². The van der Waals surface area contributed by atoms with Crippen LogP contribution in [0.3, 0.4) is 0 Å². The van der Waals surface area contributed by atoms with E-state index in [1.807, 2.05) is 54.6 Å². The monoisotopic (exact) mass is 348 g/mol. The van der Waals surface area contributed by atoms with Crippen LogP contribution in [-0.4, -0.2) is 17.9 Å². The zero-order valence-electron chi connectivity index (χ0n) is 14.7. The largest absolute Gasteiger partial charge is 0.496 e. The minimum Gasteiger partial charge on any atom is -0.496 e. The number of pyridine rings is 1. The Morgan fingerprint density at radius 2 is 1.85 bits per heavy atom. The van der Waals surface area contributed by atoms with Crippen LogP contribution in [0.1, 0.15) is 22.8 Å². The molecule has 2 aromatic carbocycles. The predicted octanol–water partition coefficient (Wildman–Crippen LogP) is 4.70. The summed E-state index contributed by atoms with van der Waals surface area (Å²) in [6, 6.07) is 18.8. The van der Waals surface area contributed by atoms with Crippen LogP contribution in [0.2, 0.25) is 0 Å². The lowest BCUT2D eigenvalue weighted by Crippen LogP contribution is -2.06. The number of methoxy groups -OCH3 is 1. The highest BCUT2D eigenvalue weighted by Gasteiger charge is 2.13. The molecule has 1 N–H and O–H groups in total. The number of carbonyl (C=O) groups excluding carboxylic acids is 1. The molecule has 1 aromatic heterocycles. The number of para-hydroxylation sites is 2. The van der Waals surface area contributed by atoms with E-state index in [1.165, 1.54) is 6.92 Å². The summed E-state index contributed by atoms with van der Waals surface area (Å²) in [5, 5.41) is 3.31. The molecule has 0 spiro atoms. The van der Waals surface area contributed by atoms with E-state index in [-0.39, 0.29) is 5.78 Å². The quantitative estimate of drug-likeness (QED) is 0.627. The third-order valence-corrected chi connectivity index (χ3v) is 3.88. The van der Waals surface area contributed by atoms with Gasteiger partial charge in [-0.2, -0.15) is 0 Å². The van der Waals surface area contributed by atoms with Gasteiger partial charge in [0.05, 0.1) is 18.4 Å². The first-order chi connectivity index (χ1) is 12.7. The van der Waals surface area contributed by atoms with Gasteiger partial charge >= 0.3 is 0 Å². The Hall–Kier alpha value is -3.34. The first kappa shape index (κ1) is 17.5. The van der Waals surface area contributed by atoms with Crippen LogP contribution in [0, 0.1) is 0 Å². The molecule has 3 rings (SSSR count). The summed E-state index contributed by atoms with van der Waals surface area (Å²) in [7, 11) is 1.57. The van der Waals surface area contributed by atoms with Gasteiger partial charge in [-0.3, -0.25) is 4.79 Å². The van der Waals surface area contributed by atoms with Crippen molar-refractivity contribution in [1.82, 2.24) is 4.98 Å². The molecule has 0 aliphatic carbocycles. The van der Waals surface area contributed by atoms with E-state index >= 15 is 0 Å². The maximum Gasteiger partial charge on any atom is 0.242 e. The molecule has 5 nitrogen and oxygen atoms in total. The molecular formula is C21H20N2O3. The van der Waals surface area contributed by atoms with E-state index in [0.29, 0.717) is 29.5 Å². The number of hydrogen-bond acceptors (Lipinski definition) is 5. The molecule has 26 heavy (non-hydrogen) atoms. The van der Waals surface area contributed by atoms with Gasteiger partial charge in [0, 0.05) is 18.3 Å². The van der Waals surface area contributed by atoms with E-state index in [2.05, 4.69) is 10.3 Å². The van der Waals surface area contributed by atoms with Gasteiger partial charge in [0.2, 0.25) is 5.88 Å². The fourth-order valence-electron chi connectivity index (χ4n) is 2.64. The fourth-order valence-corrected chi connectivity index (χ4v) is 2.64. The van der Waals surface area contributed by atoms with Crippen LogP contribution in [0.4, 0.5) is 5.69 Å². The van der Waals surface area contributed by atoms with E-state index < -0.39 is 0 Å². The summed E-state index contributed by atoms with van der Waals surface area (Å²) < 4.78 is 11.3. The van der Waals surface area contributed by atoms with Gasteiger partial charge in [0.25, 0.3) is 0 Å². The van der Waals surface area contributed by atoms with Crippen molar-refractivity contribution in [2.24, 2.45) is 0 Å². The third-order valence-electron chi connectivity index (χ3n) is 3.88. The first-order valence-electron chi connectivity index (χ1n) is 8.27. The van der Waals surface area contributed by atoms with Crippen LogP contribution in [0.25, 0.3) is 0 Å². The molecule has 0 bridgehead atoms. The Balaban J connectivity index is 1.81. The SMILES string of the molecule is COc1c(CNc2cccnc2Oc2ccccc2)cccc1C(C)=O. The van der Waals surface area contributed by atoms with E-state index in [1.54, 1.807) is 19.4 Å². The summed E-state index contributed by atoms with van der Waals surface area (Å²) >= 11 is 0. The van der Waals surface area contributed by atoms with Crippen molar-refractivity contribution in [3.8, 4) is 17.4 Å². The van der Waals surface area contributed by atoms with Crippen LogP contribution < -0.4 is 14.8 Å². The molecule has 1 heterocycles. The molecule has 0 saturated heterocycles. The minimum absolute atomic E-state index is 0.0295. The van der Waals surface area contributed by atoms with Crippen molar-refractivity contribution in [2.75, 3.05) is 12.4 Å². The van der Waals surface area contributed by atoms with E-state index in [9.17, 15) is 4.79 Å². The Morgan fingerprint density at radius 1 is 1.04 bits per heavy atom. The lowest BCUT2D eigenvalue weighted by molar-refractivity contribution is 0.101. The van der Waals surface area contributed by atoms with Gasteiger partial charge in [0.15, 0.2) is 5.78 Å². The standard InChI is InChI=1S/C21H20N2O3/c1-15(24)18-11-6-8-16(20(18)25-2)14-23-19-12-7-13-22-21(19)26-17-9-4-3-5-10-17/h3-13,23H,14H2,1-2H3. The lowest BCUT2D eigenvalue weighted by atomic mass is 10.1. The zero-order valence-corrected chi connectivity index (χ0v) is 14.7. The smallest absolute Gasteiger partial charge is 0.242 e. The van der Waals surface area contributed by atoms with Gasteiger partial charge in [-0.15, -0.1) is 0 Å². The maximum atomic E-state index is 11.8. The van der Waals surface area contributed by atoms with E-state index in [4.69, 9.17) is 9.47 Å².